The number of hydrogen-bond acceptors (Lipinski definition) is 4. The molecule has 0 radical (unpaired) electrons. The van der Waals surface area contributed by atoms with Crippen LogP contribution in [0.25, 0.3) is 10.8 Å². The first-order valence-electron chi connectivity index (χ1n) is 6.75. The number of aliphatic hydroxyl groups is 2. The van der Waals surface area contributed by atoms with Gasteiger partial charge in [0.15, 0.2) is 0 Å². The van der Waals surface area contributed by atoms with E-state index >= 15 is 0 Å². The third-order valence-corrected chi connectivity index (χ3v) is 3.23. The minimum absolute atomic E-state index is 0.291. The second-order valence-corrected chi connectivity index (χ2v) is 4.89. The van der Waals surface area contributed by atoms with Crippen molar-refractivity contribution in [1.82, 2.24) is 5.32 Å². The fourth-order valence-electron chi connectivity index (χ4n) is 2.17. The van der Waals surface area contributed by atoms with E-state index in [0.29, 0.717) is 19.7 Å². The van der Waals surface area contributed by atoms with Crippen LogP contribution in [0.2, 0.25) is 0 Å². The molecule has 0 aliphatic rings. The van der Waals surface area contributed by atoms with Crippen molar-refractivity contribution in [3.8, 4) is 0 Å². The first kappa shape index (κ1) is 14.9. The van der Waals surface area contributed by atoms with Gasteiger partial charge in [-0.05, 0) is 22.4 Å². The number of ether oxygens (including phenoxy) is 1. The van der Waals surface area contributed by atoms with Crippen LogP contribution in [0.4, 0.5) is 0 Å². The zero-order valence-corrected chi connectivity index (χ0v) is 11.6. The monoisotopic (exact) mass is 275 g/mol. The zero-order valence-electron chi connectivity index (χ0n) is 11.6. The Balaban J connectivity index is 1.92. The summed E-state index contributed by atoms with van der Waals surface area (Å²) in [5.74, 6) is 0. The van der Waals surface area contributed by atoms with Gasteiger partial charge in [0, 0.05) is 20.2 Å². The SMILES string of the molecule is COCC(O)CNCC(O)c1ccc2ccccc2c1. The molecule has 0 heterocycles. The van der Waals surface area contributed by atoms with Crippen LogP contribution >= 0.6 is 0 Å². The van der Waals surface area contributed by atoms with E-state index in [1.807, 2.05) is 42.5 Å². The fraction of sp³-hybridized carbons (Fsp3) is 0.375. The predicted molar refractivity (Wildman–Crippen MR) is 79.7 cm³/mol. The number of nitrogens with one attached hydrogen (secondary N) is 1. The molecule has 0 aromatic heterocycles. The van der Waals surface area contributed by atoms with E-state index in [0.717, 1.165) is 16.3 Å². The standard InChI is InChI=1S/C16H21NO3/c1-20-11-15(18)9-17-10-16(19)14-7-6-12-4-2-3-5-13(12)8-14/h2-8,15-19H,9-11H2,1H3. The Labute approximate surface area is 119 Å². The van der Waals surface area contributed by atoms with Crippen molar-refractivity contribution in [3.63, 3.8) is 0 Å². The molecule has 0 saturated heterocycles. The van der Waals surface area contributed by atoms with Crippen LogP contribution in [0, 0.1) is 0 Å². The number of rotatable bonds is 7. The van der Waals surface area contributed by atoms with Gasteiger partial charge in [0.05, 0.1) is 18.8 Å². The van der Waals surface area contributed by atoms with E-state index in [-0.39, 0.29) is 0 Å². The summed E-state index contributed by atoms with van der Waals surface area (Å²) in [5, 5.41) is 25.0. The summed E-state index contributed by atoms with van der Waals surface area (Å²) in [4.78, 5) is 0. The third-order valence-electron chi connectivity index (χ3n) is 3.23. The number of aliphatic hydroxyl groups excluding tert-OH is 2. The predicted octanol–water partition coefficient (Wildman–Crippen LogP) is 1.47. The molecule has 0 fully saturated rings. The van der Waals surface area contributed by atoms with Gasteiger partial charge in [0.2, 0.25) is 0 Å². The van der Waals surface area contributed by atoms with Gasteiger partial charge in [0.1, 0.15) is 0 Å². The maximum Gasteiger partial charge on any atom is 0.0914 e. The van der Waals surface area contributed by atoms with Gasteiger partial charge in [-0.3, -0.25) is 0 Å². The highest BCUT2D eigenvalue weighted by Gasteiger charge is 2.09. The summed E-state index contributed by atoms with van der Waals surface area (Å²) in [5.41, 5.74) is 0.873. The van der Waals surface area contributed by atoms with E-state index in [2.05, 4.69) is 5.32 Å². The molecule has 20 heavy (non-hydrogen) atoms. The second-order valence-electron chi connectivity index (χ2n) is 4.89. The molecular formula is C16H21NO3. The molecule has 2 unspecified atom stereocenters. The third kappa shape index (κ3) is 4.02. The maximum atomic E-state index is 10.1. The minimum atomic E-state index is -0.589. The molecule has 4 heteroatoms. The molecular weight excluding hydrogens is 254 g/mol. The first-order valence-corrected chi connectivity index (χ1v) is 6.75. The molecule has 0 aliphatic heterocycles. The number of benzene rings is 2. The summed E-state index contributed by atoms with van der Waals surface area (Å²) in [6, 6.07) is 14.0. The summed E-state index contributed by atoms with van der Waals surface area (Å²) in [6.45, 7) is 1.09. The van der Waals surface area contributed by atoms with Gasteiger partial charge in [-0.15, -0.1) is 0 Å². The number of hydrogen-bond donors (Lipinski definition) is 3. The average Bonchev–Trinajstić information content (AvgIpc) is 2.47. The maximum absolute atomic E-state index is 10.1. The molecule has 3 N–H and O–H groups in total. The Morgan fingerprint density at radius 3 is 2.55 bits per heavy atom. The van der Waals surface area contributed by atoms with Crippen molar-refractivity contribution in [3.05, 3.63) is 48.0 Å². The van der Waals surface area contributed by atoms with Crippen LogP contribution in [-0.2, 0) is 4.74 Å². The van der Waals surface area contributed by atoms with Crippen molar-refractivity contribution >= 4 is 10.8 Å². The van der Waals surface area contributed by atoms with Crippen LogP contribution in [0.3, 0.4) is 0 Å². The molecule has 108 valence electrons. The van der Waals surface area contributed by atoms with E-state index < -0.39 is 12.2 Å². The molecule has 2 atom stereocenters. The average molecular weight is 275 g/mol. The van der Waals surface area contributed by atoms with E-state index in [1.54, 1.807) is 7.11 Å². The Hall–Kier alpha value is -1.46. The lowest BCUT2D eigenvalue weighted by atomic mass is 10.0. The summed E-state index contributed by atoms with van der Waals surface area (Å²) >= 11 is 0. The van der Waals surface area contributed by atoms with E-state index in [9.17, 15) is 10.2 Å². The Bertz CT molecular complexity index is 544. The van der Waals surface area contributed by atoms with Crippen molar-refractivity contribution in [1.29, 1.82) is 0 Å². The zero-order chi connectivity index (χ0) is 14.4. The fourth-order valence-corrected chi connectivity index (χ4v) is 2.17. The van der Waals surface area contributed by atoms with Crippen molar-refractivity contribution < 1.29 is 14.9 Å². The van der Waals surface area contributed by atoms with Crippen LogP contribution < -0.4 is 5.32 Å². The Morgan fingerprint density at radius 1 is 1.05 bits per heavy atom. The molecule has 2 rings (SSSR count). The van der Waals surface area contributed by atoms with E-state index in [4.69, 9.17) is 4.74 Å². The van der Waals surface area contributed by atoms with Crippen molar-refractivity contribution in [2.45, 2.75) is 12.2 Å². The van der Waals surface area contributed by atoms with Crippen LogP contribution in [-0.4, -0.2) is 43.1 Å². The van der Waals surface area contributed by atoms with E-state index in [1.165, 1.54) is 0 Å². The molecule has 0 bridgehead atoms. The topological polar surface area (TPSA) is 61.7 Å². The van der Waals surface area contributed by atoms with Crippen molar-refractivity contribution in [2.24, 2.45) is 0 Å². The molecule has 0 aliphatic carbocycles. The molecule has 2 aromatic carbocycles. The summed E-state index contributed by atoms with van der Waals surface area (Å²) in [6.07, 6.45) is -1.14. The minimum Gasteiger partial charge on any atom is -0.389 e. The molecule has 0 spiro atoms. The largest absolute Gasteiger partial charge is 0.389 e. The summed E-state index contributed by atoms with van der Waals surface area (Å²) < 4.78 is 4.84. The Kier molecular flexibility index (Phi) is 5.49. The highest BCUT2D eigenvalue weighted by atomic mass is 16.5. The molecule has 4 nitrogen and oxygen atoms in total. The van der Waals surface area contributed by atoms with Gasteiger partial charge in [-0.1, -0.05) is 36.4 Å². The number of methoxy groups -OCH3 is 1. The van der Waals surface area contributed by atoms with Crippen molar-refractivity contribution in [2.75, 3.05) is 26.8 Å². The lowest BCUT2D eigenvalue weighted by Crippen LogP contribution is -2.32. The summed E-state index contributed by atoms with van der Waals surface area (Å²) in [7, 11) is 1.55. The van der Waals surface area contributed by atoms with Gasteiger partial charge in [-0.2, -0.15) is 0 Å². The highest BCUT2D eigenvalue weighted by molar-refractivity contribution is 5.83. The quantitative estimate of drug-likeness (QED) is 0.716. The van der Waals surface area contributed by atoms with Crippen LogP contribution in [0.15, 0.2) is 42.5 Å². The lowest BCUT2D eigenvalue weighted by Gasteiger charge is -2.15. The highest BCUT2D eigenvalue weighted by Crippen LogP contribution is 2.19. The molecule has 2 aromatic rings. The van der Waals surface area contributed by atoms with Crippen LogP contribution in [0.1, 0.15) is 11.7 Å². The van der Waals surface area contributed by atoms with Crippen LogP contribution in [0.5, 0.6) is 0 Å². The molecule has 0 saturated carbocycles. The lowest BCUT2D eigenvalue weighted by molar-refractivity contribution is 0.0616. The normalized spacial score (nSPS) is 14.3. The van der Waals surface area contributed by atoms with Gasteiger partial charge in [0.25, 0.3) is 0 Å². The smallest absolute Gasteiger partial charge is 0.0914 e. The Morgan fingerprint density at radius 2 is 1.80 bits per heavy atom. The number of fused-ring (bicyclic) bond motifs is 1. The van der Waals surface area contributed by atoms with Gasteiger partial charge in [-0.25, -0.2) is 0 Å². The second kappa shape index (κ2) is 7.36. The molecule has 0 amide bonds. The van der Waals surface area contributed by atoms with Gasteiger partial charge >= 0.3 is 0 Å². The van der Waals surface area contributed by atoms with Gasteiger partial charge < -0.3 is 20.3 Å². The first-order chi connectivity index (χ1) is 9.70.